The van der Waals surface area contributed by atoms with Crippen molar-refractivity contribution in [2.75, 3.05) is 0 Å². The molecular formula is C15H28N2O2. The Morgan fingerprint density at radius 2 is 1.37 bits per heavy atom. The Kier molecular flexibility index (Phi) is 5.39. The topological polar surface area (TPSA) is 58.2 Å². The van der Waals surface area contributed by atoms with Crippen molar-refractivity contribution in [2.24, 2.45) is 11.8 Å². The van der Waals surface area contributed by atoms with E-state index in [2.05, 4.69) is 10.6 Å². The summed E-state index contributed by atoms with van der Waals surface area (Å²) in [6, 6.07) is 0.189. The third-order valence-electron chi connectivity index (χ3n) is 3.40. The van der Waals surface area contributed by atoms with E-state index < -0.39 is 0 Å². The number of carbonyl (C=O) groups is 2. The molecule has 0 heterocycles. The van der Waals surface area contributed by atoms with Crippen LogP contribution in [0.5, 0.6) is 0 Å². The maximum Gasteiger partial charge on any atom is 0.223 e. The van der Waals surface area contributed by atoms with Crippen LogP contribution < -0.4 is 10.6 Å². The zero-order valence-electron chi connectivity index (χ0n) is 12.9. The SMILES string of the molecule is CC(C)NC(=O)C1CCC(C(=O)NC(C)(C)C)CC1. The molecule has 2 N–H and O–H groups in total. The summed E-state index contributed by atoms with van der Waals surface area (Å²) in [5.41, 5.74) is -0.178. The molecule has 1 aliphatic carbocycles. The smallest absolute Gasteiger partial charge is 0.223 e. The highest BCUT2D eigenvalue weighted by Gasteiger charge is 2.31. The van der Waals surface area contributed by atoms with Gasteiger partial charge in [0, 0.05) is 23.4 Å². The van der Waals surface area contributed by atoms with E-state index in [0.717, 1.165) is 25.7 Å². The fraction of sp³-hybridized carbons (Fsp3) is 0.867. The molecular weight excluding hydrogens is 240 g/mol. The van der Waals surface area contributed by atoms with Gasteiger partial charge in [-0.2, -0.15) is 0 Å². The molecule has 0 aromatic rings. The minimum Gasteiger partial charge on any atom is -0.354 e. The Bertz CT molecular complexity index is 324. The summed E-state index contributed by atoms with van der Waals surface area (Å²) in [6.07, 6.45) is 3.28. The number of amides is 2. The maximum absolute atomic E-state index is 12.1. The van der Waals surface area contributed by atoms with Crippen molar-refractivity contribution in [3.05, 3.63) is 0 Å². The van der Waals surface area contributed by atoms with Crippen molar-refractivity contribution >= 4 is 11.8 Å². The van der Waals surface area contributed by atoms with E-state index in [1.807, 2.05) is 34.6 Å². The second kappa shape index (κ2) is 6.40. The standard InChI is InChI=1S/C15H28N2O2/c1-10(2)16-13(18)11-6-8-12(9-7-11)14(19)17-15(3,4)5/h10-12H,6-9H2,1-5H3,(H,16,18)(H,17,19). The Morgan fingerprint density at radius 3 is 1.74 bits per heavy atom. The van der Waals surface area contributed by atoms with Crippen LogP contribution in [0.2, 0.25) is 0 Å². The van der Waals surface area contributed by atoms with Crippen molar-refractivity contribution in [3.63, 3.8) is 0 Å². The van der Waals surface area contributed by atoms with E-state index in [-0.39, 0.29) is 35.2 Å². The van der Waals surface area contributed by atoms with Gasteiger partial charge in [0.25, 0.3) is 0 Å². The third kappa shape index (κ3) is 5.62. The van der Waals surface area contributed by atoms with Gasteiger partial charge >= 0.3 is 0 Å². The Morgan fingerprint density at radius 1 is 0.947 bits per heavy atom. The van der Waals surface area contributed by atoms with Crippen LogP contribution in [0.15, 0.2) is 0 Å². The molecule has 0 atom stereocenters. The number of rotatable bonds is 3. The van der Waals surface area contributed by atoms with Crippen molar-refractivity contribution in [1.29, 1.82) is 0 Å². The van der Waals surface area contributed by atoms with Gasteiger partial charge in [0.05, 0.1) is 0 Å². The van der Waals surface area contributed by atoms with Crippen LogP contribution in [0.25, 0.3) is 0 Å². The lowest BCUT2D eigenvalue weighted by molar-refractivity contribution is -0.131. The molecule has 0 bridgehead atoms. The summed E-state index contributed by atoms with van der Waals surface area (Å²) in [6.45, 7) is 9.92. The van der Waals surface area contributed by atoms with Crippen molar-refractivity contribution < 1.29 is 9.59 Å². The molecule has 1 fully saturated rings. The van der Waals surface area contributed by atoms with Crippen LogP contribution in [-0.4, -0.2) is 23.4 Å². The summed E-state index contributed by atoms with van der Waals surface area (Å²) in [7, 11) is 0. The highest BCUT2D eigenvalue weighted by atomic mass is 16.2. The lowest BCUT2D eigenvalue weighted by atomic mass is 9.80. The minimum atomic E-state index is -0.178. The second-order valence-corrected chi connectivity index (χ2v) is 6.95. The van der Waals surface area contributed by atoms with Crippen LogP contribution in [0, 0.1) is 11.8 Å². The summed E-state index contributed by atoms with van der Waals surface area (Å²) in [4.78, 5) is 24.0. The van der Waals surface area contributed by atoms with Crippen LogP contribution in [0.1, 0.15) is 60.3 Å². The second-order valence-electron chi connectivity index (χ2n) is 6.95. The van der Waals surface area contributed by atoms with Gasteiger partial charge in [-0.05, 0) is 60.3 Å². The molecule has 19 heavy (non-hydrogen) atoms. The van der Waals surface area contributed by atoms with Crippen molar-refractivity contribution in [3.8, 4) is 0 Å². The molecule has 4 heteroatoms. The van der Waals surface area contributed by atoms with Gasteiger partial charge in [-0.3, -0.25) is 9.59 Å². The number of hydrogen-bond acceptors (Lipinski definition) is 2. The first kappa shape index (κ1) is 16.0. The number of carbonyl (C=O) groups excluding carboxylic acids is 2. The van der Waals surface area contributed by atoms with Gasteiger partial charge in [0.1, 0.15) is 0 Å². The van der Waals surface area contributed by atoms with Crippen molar-refractivity contribution in [1.82, 2.24) is 10.6 Å². The van der Waals surface area contributed by atoms with Crippen molar-refractivity contribution in [2.45, 2.75) is 71.9 Å². The number of nitrogens with one attached hydrogen (secondary N) is 2. The number of hydrogen-bond donors (Lipinski definition) is 2. The van der Waals surface area contributed by atoms with Gasteiger partial charge in [-0.15, -0.1) is 0 Å². The van der Waals surface area contributed by atoms with E-state index in [0.29, 0.717) is 0 Å². The molecule has 0 aromatic heterocycles. The largest absolute Gasteiger partial charge is 0.354 e. The summed E-state index contributed by atoms with van der Waals surface area (Å²) in [5, 5.41) is 5.98. The normalized spacial score (nSPS) is 24.1. The Balaban J connectivity index is 2.40. The van der Waals surface area contributed by atoms with E-state index >= 15 is 0 Å². The van der Waals surface area contributed by atoms with Gasteiger partial charge in [0.2, 0.25) is 11.8 Å². The minimum absolute atomic E-state index is 0.0716. The first-order chi connectivity index (χ1) is 8.69. The predicted octanol–water partition coefficient (Wildman–Crippen LogP) is 2.23. The fourth-order valence-corrected chi connectivity index (χ4v) is 2.49. The zero-order chi connectivity index (χ0) is 14.6. The van der Waals surface area contributed by atoms with Crippen LogP contribution in [0.4, 0.5) is 0 Å². The Hall–Kier alpha value is -1.06. The molecule has 110 valence electrons. The summed E-state index contributed by atoms with van der Waals surface area (Å²) in [5.74, 6) is 0.434. The van der Waals surface area contributed by atoms with Crippen LogP contribution >= 0.6 is 0 Å². The van der Waals surface area contributed by atoms with E-state index in [4.69, 9.17) is 0 Å². The monoisotopic (exact) mass is 268 g/mol. The highest BCUT2D eigenvalue weighted by molar-refractivity contribution is 5.81. The molecule has 0 radical (unpaired) electrons. The Labute approximate surface area is 116 Å². The highest BCUT2D eigenvalue weighted by Crippen LogP contribution is 2.29. The molecule has 4 nitrogen and oxygen atoms in total. The maximum atomic E-state index is 12.1. The fourth-order valence-electron chi connectivity index (χ4n) is 2.49. The molecule has 0 unspecified atom stereocenters. The van der Waals surface area contributed by atoms with Crippen LogP contribution in [-0.2, 0) is 9.59 Å². The molecule has 0 spiro atoms. The molecule has 0 aliphatic heterocycles. The first-order valence-corrected chi connectivity index (χ1v) is 7.31. The molecule has 1 rings (SSSR count). The molecule has 1 aliphatic rings. The lowest BCUT2D eigenvalue weighted by Gasteiger charge is -2.30. The summed E-state index contributed by atoms with van der Waals surface area (Å²) >= 11 is 0. The molecule has 0 saturated heterocycles. The van der Waals surface area contributed by atoms with Gasteiger partial charge in [0.15, 0.2) is 0 Å². The third-order valence-corrected chi connectivity index (χ3v) is 3.40. The summed E-state index contributed by atoms with van der Waals surface area (Å²) < 4.78 is 0. The zero-order valence-corrected chi connectivity index (χ0v) is 12.9. The van der Waals surface area contributed by atoms with E-state index in [9.17, 15) is 9.59 Å². The van der Waals surface area contributed by atoms with Gasteiger partial charge in [-0.1, -0.05) is 0 Å². The van der Waals surface area contributed by atoms with E-state index in [1.54, 1.807) is 0 Å². The molecule has 1 saturated carbocycles. The molecule has 0 aromatic carbocycles. The first-order valence-electron chi connectivity index (χ1n) is 7.31. The van der Waals surface area contributed by atoms with Gasteiger partial charge in [-0.25, -0.2) is 0 Å². The average molecular weight is 268 g/mol. The van der Waals surface area contributed by atoms with E-state index in [1.165, 1.54) is 0 Å². The lowest BCUT2D eigenvalue weighted by Crippen LogP contribution is -2.45. The average Bonchev–Trinajstić information content (AvgIpc) is 2.26. The van der Waals surface area contributed by atoms with Crippen LogP contribution in [0.3, 0.4) is 0 Å². The predicted molar refractivity (Wildman–Crippen MR) is 76.6 cm³/mol. The quantitative estimate of drug-likeness (QED) is 0.824. The van der Waals surface area contributed by atoms with Gasteiger partial charge < -0.3 is 10.6 Å². The molecule has 2 amide bonds.